The Balaban J connectivity index is 1.95. The number of nitrogens with one attached hydrogen (secondary N) is 2. The van der Waals surface area contributed by atoms with Crippen molar-refractivity contribution in [3.8, 4) is 0 Å². The highest BCUT2D eigenvalue weighted by molar-refractivity contribution is 6.35. The van der Waals surface area contributed by atoms with Crippen molar-refractivity contribution in [3.05, 3.63) is 63.2 Å². The standard InChI is InChI=1S/C16H14ClN5O2/c1-8(20-16-19-6-5-12(21-16)14(18)23)10-7-9-3-2-4-11(17)13(9)22-15(10)24/h2-8H,1H3,(H2,18,23)(H,22,24)(H,19,20,21)/t8-/m0/s1. The van der Waals surface area contributed by atoms with Crippen LogP contribution in [0.25, 0.3) is 10.9 Å². The molecule has 0 fully saturated rings. The number of pyridine rings is 1. The molecule has 1 amide bonds. The van der Waals surface area contributed by atoms with E-state index >= 15 is 0 Å². The molecule has 0 aliphatic carbocycles. The molecule has 7 nitrogen and oxygen atoms in total. The van der Waals surface area contributed by atoms with Crippen LogP contribution in [0.5, 0.6) is 0 Å². The summed E-state index contributed by atoms with van der Waals surface area (Å²) in [6, 6.07) is 8.17. The average molecular weight is 344 g/mol. The molecule has 0 saturated heterocycles. The zero-order chi connectivity index (χ0) is 17.3. The minimum Gasteiger partial charge on any atom is -0.364 e. The number of nitrogens with two attached hydrogens (primary N) is 1. The summed E-state index contributed by atoms with van der Waals surface area (Å²) < 4.78 is 0. The zero-order valence-electron chi connectivity index (χ0n) is 12.7. The number of carbonyl (C=O) groups is 1. The highest BCUT2D eigenvalue weighted by atomic mass is 35.5. The Morgan fingerprint density at radius 1 is 1.38 bits per heavy atom. The van der Waals surface area contributed by atoms with Gasteiger partial charge in [0.15, 0.2) is 0 Å². The fourth-order valence-corrected chi connectivity index (χ4v) is 2.60. The fourth-order valence-electron chi connectivity index (χ4n) is 2.37. The number of rotatable bonds is 4. The molecule has 8 heteroatoms. The molecule has 0 saturated carbocycles. The molecule has 1 aromatic carbocycles. The number of aromatic amines is 1. The third-order valence-electron chi connectivity index (χ3n) is 3.58. The van der Waals surface area contributed by atoms with Gasteiger partial charge in [0.05, 0.1) is 16.6 Å². The predicted octanol–water partition coefficient (Wildman–Crippen LogP) is 2.24. The lowest BCUT2D eigenvalue weighted by molar-refractivity contribution is 0.0995. The molecule has 2 heterocycles. The first-order valence-electron chi connectivity index (χ1n) is 7.16. The van der Waals surface area contributed by atoms with E-state index in [1.807, 2.05) is 12.1 Å². The SMILES string of the molecule is C[C@H](Nc1nccc(C(N)=O)n1)c1cc2cccc(Cl)c2[nH]c1=O. The van der Waals surface area contributed by atoms with E-state index in [-0.39, 0.29) is 23.2 Å². The van der Waals surface area contributed by atoms with Crippen molar-refractivity contribution in [1.29, 1.82) is 0 Å². The van der Waals surface area contributed by atoms with Gasteiger partial charge in [0.1, 0.15) is 5.69 Å². The Morgan fingerprint density at radius 2 is 2.17 bits per heavy atom. The number of hydrogen-bond acceptors (Lipinski definition) is 5. The van der Waals surface area contributed by atoms with E-state index in [2.05, 4.69) is 20.3 Å². The van der Waals surface area contributed by atoms with Gasteiger partial charge in [-0.3, -0.25) is 9.59 Å². The summed E-state index contributed by atoms with van der Waals surface area (Å²) in [5.74, 6) is -0.435. The van der Waals surface area contributed by atoms with Gasteiger partial charge in [-0.15, -0.1) is 0 Å². The normalized spacial score (nSPS) is 12.1. The molecule has 0 spiro atoms. The number of anilines is 1. The Morgan fingerprint density at radius 3 is 2.92 bits per heavy atom. The molecule has 122 valence electrons. The minimum atomic E-state index is -0.647. The molecule has 0 bridgehead atoms. The second-order valence-corrected chi connectivity index (χ2v) is 5.66. The highest BCUT2D eigenvalue weighted by Gasteiger charge is 2.14. The fraction of sp³-hybridized carbons (Fsp3) is 0.125. The maximum Gasteiger partial charge on any atom is 0.267 e. The van der Waals surface area contributed by atoms with Gasteiger partial charge >= 0.3 is 0 Å². The summed E-state index contributed by atoms with van der Waals surface area (Å²) in [5.41, 5.74) is 6.12. The van der Waals surface area contributed by atoms with E-state index in [1.54, 1.807) is 19.1 Å². The van der Waals surface area contributed by atoms with Crippen LogP contribution in [0.4, 0.5) is 5.95 Å². The zero-order valence-corrected chi connectivity index (χ0v) is 13.5. The third kappa shape index (κ3) is 3.07. The molecule has 0 aliphatic heterocycles. The summed E-state index contributed by atoms with van der Waals surface area (Å²) in [4.78, 5) is 34.3. The summed E-state index contributed by atoms with van der Waals surface area (Å²) in [6.07, 6.45) is 1.42. The first-order valence-corrected chi connectivity index (χ1v) is 7.54. The number of amides is 1. The first-order chi connectivity index (χ1) is 11.5. The quantitative estimate of drug-likeness (QED) is 0.672. The molecule has 4 N–H and O–H groups in total. The van der Waals surface area contributed by atoms with Gasteiger partial charge in [-0.2, -0.15) is 0 Å². The van der Waals surface area contributed by atoms with Crippen LogP contribution >= 0.6 is 11.6 Å². The van der Waals surface area contributed by atoms with Crippen LogP contribution in [0.15, 0.2) is 41.3 Å². The third-order valence-corrected chi connectivity index (χ3v) is 3.89. The number of hydrogen-bond donors (Lipinski definition) is 3. The number of H-pyrrole nitrogens is 1. The maximum absolute atomic E-state index is 12.3. The van der Waals surface area contributed by atoms with Gasteiger partial charge in [0.25, 0.3) is 11.5 Å². The van der Waals surface area contributed by atoms with Crippen LogP contribution < -0.4 is 16.6 Å². The van der Waals surface area contributed by atoms with Gasteiger partial charge in [-0.1, -0.05) is 23.7 Å². The molecule has 3 aromatic rings. The van der Waals surface area contributed by atoms with Crippen LogP contribution in [0.3, 0.4) is 0 Å². The number of aromatic nitrogens is 3. The Bertz CT molecular complexity index is 986. The minimum absolute atomic E-state index is 0.0962. The first kappa shape index (κ1) is 15.9. The largest absolute Gasteiger partial charge is 0.364 e. The van der Waals surface area contributed by atoms with Gasteiger partial charge in [0.2, 0.25) is 5.95 Å². The van der Waals surface area contributed by atoms with E-state index < -0.39 is 5.91 Å². The number of benzene rings is 1. The van der Waals surface area contributed by atoms with Crippen molar-refractivity contribution in [1.82, 2.24) is 15.0 Å². The van der Waals surface area contributed by atoms with E-state index in [0.717, 1.165) is 5.39 Å². The van der Waals surface area contributed by atoms with Crippen LogP contribution in [0, 0.1) is 0 Å². The van der Waals surface area contributed by atoms with E-state index in [1.165, 1.54) is 12.3 Å². The van der Waals surface area contributed by atoms with Crippen molar-refractivity contribution in [2.45, 2.75) is 13.0 Å². The van der Waals surface area contributed by atoms with Gasteiger partial charge in [-0.25, -0.2) is 9.97 Å². The van der Waals surface area contributed by atoms with Crippen molar-refractivity contribution in [2.75, 3.05) is 5.32 Å². The van der Waals surface area contributed by atoms with Crippen LogP contribution in [-0.2, 0) is 0 Å². The van der Waals surface area contributed by atoms with Crippen LogP contribution in [0.1, 0.15) is 29.0 Å². The predicted molar refractivity (Wildman–Crippen MR) is 92.2 cm³/mol. The van der Waals surface area contributed by atoms with Crippen molar-refractivity contribution in [3.63, 3.8) is 0 Å². The Kier molecular flexibility index (Phi) is 4.18. The number of carbonyl (C=O) groups excluding carboxylic acids is 1. The molecule has 24 heavy (non-hydrogen) atoms. The highest BCUT2D eigenvalue weighted by Crippen LogP contribution is 2.23. The van der Waals surface area contributed by atoms with Crippen molar-refractivity contribution in [2.24, 2.45) is 5.73 Å². The second kappa shape index (κ2) is 6.29. The van der Waals surface area contributed by atoms with Gasteiger partial charge < -0.3 is 16.0 Å². The Labute approximate surface area is 141 Å². The average Bonchev–Trinajstić information content (AvgIpc) is 2.55. The monoisotopic (exact) mass is 343 g/mol. The topological polar surface area (TPSA) is 114 Å². The molecule has 0 aliphatic rings. The molecular weight excluding hydrogens is 330 g/mol. The number of nitrogens with zero attached hydrogens (tertiary/aromatic N) is 2. The molecule has 1 atom stereocenters. The molecule has 3 rings (SSSR count). The van der Waals surface area contributed by atoms with Gasteiger partial charge in [0, 0.05) is 17.1 Å². The summed E-state index contributed by atoms with van der Waals surface area (Å²) >= 11 is 6.09. The smallest absolute Gasteiger partial charge is 0.267 e. The summed E-state index contributed by atoms with van der Waals surface area (Å²) in [6.45, 7) is 1.79. The van der Waals surface area contributed by atoms with Crippen LogP contribution in [-0.4, -0.2) is 20.9 Å². The Hall–Kier alpha value is -2.93. The molecule has 0 radical (unpaired) electrons. The molecule has 2 aromatic heterocycles. The summed E-state index contributed by atoms with van der Waals surface area (Å²) in [5, 5.41) is 4.29. The molecule has 0 unspecified atom stereocenters. The van der Waals surface area contributed by atoms with E-state index in [4.69, 9.17) is 17.3 Å². The number of fused-ring (bicyclic) bond motifs is 1. The van der Waals surface area contributed by atoms with Gasteiger partial charge in [-0.05, 0) is 25.1 Å². The van der Waals surface area contributed by atoms with E-state index in [0.29, 0.717) is 16.1 Å². The van der Waals surface area contributed by atoms with E-state index in [9.17, 15) is 9.59 Å². The summed E-state index contributed by atoms with van der Waals surface area (Å²) in [7, 11) is 0. The lowest BCUT2D eigenvalue weighted by Crippen LogP contribution is -2.21. The lowest BCUT2D eigenvalue weighted by atomic mass is 10.1. The van der Waals surface area contributed by atoms with Crippen molar-refractivity contribution < 1.29 is 4.79 Å². The lowest BCUT2D eigenvalue weighted by Gasteiger charge is -2.14. The van der Waals surface area contributed by atoms with Crippen molar-refractivity contribution >= 4 is 34.4 Å². The number of para-hydroxylation sites is 1. The molecular formula is C16H14ClN5O2. The maximum atomic E-state index is 12.3. The van der Waals surface area contributed by atoms with Crippen LogP contribution in [0.2, 0.25) is 5.02 Å². The number of halogens is 1. The number of primary amides is 1. The second-order valence-electron chi connectivity index (χ2n) is 5.25.